The van der Waals surface area contributed by atoms with Crippen molar-refractivity contribution in [2.45, 2.75) is 0 Å². The third kappa shape index (κ3) is 1.59. The van der Waals surface area contributed by atoms with Crippen molar-refractivity contribution in [3.05, 3.63) is 5.38 Å². The summed E-state index contributed by atoms with van der Waals surface area (Å²) in [5, 5.41) is 1.82. The summed E-state index contributed by atoms with van der Waals surface area (Å²) in [6, 6.07) is 0. The van der Waals surface area contributed by atoms with Crippen LogP contribution in [0.25, 0.3) is 0 Å². The molecule has 0 fully saturated rings. The summed E-state index contributed by atoms with van der Waals surface area (Å²) in [4.78, 5) is 17.6. The molecule has 0 aliphatic heterocycles. The highest BCUT2D eigenvalue weighted by Crippen LogP contribution is 2.17. The summed E-state index contributed by atoms with van der Waals surface area (Å²) in [5.41, 5.74) is 8.07. The van der Waals surface area contributed by atoms with E-state index in [2.05, 4.69) is 15.3 Å². The topological polar surface area (TPSA) is 79.3 Å². The standard InChI is InChI=1S/C4H3N3O2S/c5-3-1-10-4(7-3)9-6-2-8/h1H,5H2. The van der Waals surface area contributed by atoms with E-state index in [1.165, 1.54) is 6.41 Å². The van der Waals surface area contributed by atoms with Crippen LogP contribution in [0, 0.1) is 0 Å². The number of hydroxylamine groups is 1. The van der Waals surface area contributed by atoms with Crippen LogP contribution < -0.4 is 16.1 Å². The Morgan fingerprint density at radius 3 is 3.20 bits per heavy atom. The van der Waals surface area contributed by atoms with Crippen LogP contribution in [0.15, 0.2) is 5.38 Å². The van der Waals surface area contributed by atoms with Crippen molar-refractivity contribution in [1.29, 1.82) is 0 Å². The van der Waals surface area contributed by atoms with Gasteiger partial charge in [0.15, 0.2) is 0 Å². The van der Waals surface area contributed by atoms with E-state index in [1.54, 1.807) is 5.38 Å². The smallest absolute Gasteiger partial charge is 0.374 e. The molecule has 0 saturated carbocycles. The Balaban J connectivity index is 2.49. The van der Waals surface area contributed by atoms with E-state index in [0.29, 0.717) is 5.82 Å². The fraction of sp³-hybridized carbons (Fsp3) is 0. The van der Waals surface area contributed by atoms with Crippen molar-refractivity contribution in [2.75, 3.05) is 5.73 Å². The zero-order valence-corrected chi connectivity index (χ0v) is 5.59. The van der Waals surface area contributed by atoms with Gasteiger partial charge in [0.1, 0.15) is 5.82 Å². The molecular formula is C4H3N3O2S. The summed E-state index contributed by atoms with van der Waals surface area (Å²) in [6.07, 6.45) is 1.20. The second-order valence-corrected chi connectivity index (χ2v) is 2.13. The molecule has 0 bridgehead atoms. The van der Waals surface area contributed by atoms with Gasteiger partial charge in [-0.25, -0.2) is 0 Å². The number of amides is 1. The highest BCUT2D eigenvalue weighted by Gasteiger charge is 1.98. The number of nitrogen functional groups attached to an aromatic ring is 1. The number of hydrogen-bond acceptors (Lipinski definition) is 5. The number of anilines is 1. The molecule has 2 radical (unpaired) electrons. The van der Waals surface area contributed by atoms with E-state index in [9.17, 15) is 4.79 Å². The van der Waals surface area contributed by atoms with E-state index in [4.69, 9.17) is 5.73 Å². The van der Waals surface area contributed by atoms with Crippen molar-refractivity contribution >= 4 is 23.6 Å². The average molecular weight is 157 g/mol. The minimum Gasteiger partial charge on any atom is -0.383 e. The fourth-order valence-corrected chi connectivity index (χ4v) is 0.881. The Kier molecular flexibility index (Phi) is 2.06. The molecule has 0 saturated heterocycles. The maximum absolute atomic E-state index is 9.51. The molecule has 6 heteroatoms. The molecular weight excluding hydrogens is 154 g/mol. The number of nitrogens with two attached hydrogens (primary N) is 1. The van der Waals surface area contributed by atoms with Crippen LogP contribution >= 0.6 is 11.3 Å². The zero-order valence-electron chi connectivity index (χ0n) is 4.77. The van der Waals surface area contributed by atoms with Gasteiger partial charge < -0.3 is 10.6 Å². The summed E-state index contributed by atoms with van der Waals surface area (Å²) < 4.78 is 0. The first-order valence-corrected chi connectivity index (χ1v) is 3.16. The van der Waals surface area contributed by atoms with E-state index >= 15 is 0 Å². The molecule has 1 heterocycles. The van der Waals surface area contributed by atoms with Crippen LogP contribution in [-0.2, 0) is 4.79 Å². The molecule has 0 aromatic carbocycles. The normalized spacial score (nSPS) is 8.80. The molecule has 0 spiro atoms. The predicted molar refractivity (Wildman–Crippen MR) is 35.0 cm³/mol. The molecule has 1 amide bonds. The summed E-state index contributed by atoms with van der Waals surface area (Å²) in [6.45, 7) is 0. The van der Waals surface area contributed by atoms with Gasteiger partial charge in [-0.1, -0.05) is 11.3 Å². The van der Waals surface area contributed by atoms with E-state index in [0.717, 1.165) is 11.3 Å². The summed E-state index contributed by atoms with van der Waals surface area (Å²) >= 11 is 1.16. The van der Waals surface area contributed by atoms with Gasteiger partial charge in [-0.15, -0.1) is 0 Å². The maximum atomic E-state index is 9.51. The SMILES string of the molecule is Nc1csc(O[N][C]=O)n1. The van der Waals surface area contributed by atoms with Crippen molar-refractivity contribution in [2.24, 2.45) is 0 Å². The molecule has 0 aliphatic rings. The Labute approximate surface area is 60.8 Å². The van der Waals surface area contributed by atoms with Gasteiger partial charge in [0.2, 0.25) is 0 Å². The predicted octanol–water partition coefficient (Wildman–Crippen LogP) is -0.309. The van der Waals surface area contributed by atoms with Gasteiger partial charge in [0.05, 0.1) is 0 Å². The van der Waals surface area contributed by atoms with Gasteiger partial charge in [0.25, 0.3) is 0 Å². The molecule has 1 rings (SSSR count). The van der Waals surface area contributed by atoms with Crippen molar-refractivity contribution < 1.29 is 9.63 Å². The lowest BCUT2D eigenvalue weighted by atomic mass is 10.8. The van der Waals surface area contributed by atoms with E-state index in [-0.39, 0.29) is 5.19 Å². The van der Waals surface area contributed by atoms with Crippen LogP contribution in [0.5, 0.6) is 5.19 Å². The van der Waals surface area contributed by atoms with E-state index < -0.39 is 0 Å². The van der Waals surface area contributed by atoms with Crippen LogP contribution in [0.4, 0.5) is 5.82 Å². The lowest BCUT2D eigenvalue weighted by molar-refractivity contribution is 0.244. The lowest BCUT2D eigenvalue weighted by Crippen LogP contribution is -2.05. The number of carbonyl (C=O) groups excluding carboxylic acids is 1. The number of aromatic nitrogens is 1. The molecule has 0 unspecified atom stereocenters. The van der Waals surface area contributed by atoms with E-state index in [1.807, 2.05) is 0 Å². The monoisotopic (exact) mass is 157 g/mol. The van der Waals surface area contributed by atoms with Crippen LogP contribution in [0.2, 0.25) is 0 Å². The number of rotatable bonds is 3. The first-order chi connectivity index (χ1) is 4.83. The highest BCUT2D eigenvalue weighted by atomic mass is 32.1. The summed E-state index contributed by atoms with van der Waals surface area (Å²) in [5.74, 6) is 0.348. The molecule has 1 aromatic heterocycles. The molecule has 1 aromatic rings. The highest BCUT2D eigenvalue weighted by molar-refractivity contribution is 7.11. The maximum Gasteiger partial charge on any atom is 0.374 e. The lowest BCUT2D eigenvalue weighted by Gasteiger charge is -1.87. The summed E-state index contributed by atoms with van der Waals surface area (Å²) in [7, 11) is 0. The Morgan fingerprint density at radius 2 is 2.70 bits per heavy atom. The van der Waals surface area contributed by atoms with Crippen molar-refractivity contribution in [1.82, 2.24) is 10.5 Å². The third-order valence-electron chi connectivity index (χ3n) is 0.662. The largest absolute Gasteiger partial charge is 0.383 e. The minimum atomic E-state index is 0.237. The second kappa shape index (κ2) is 3.02. The van der Waals surface area contributed by atoms with Crippen LogP contribution in [-0.4, -0.2) is 11.4 Å². The third-order valence-corrected chi connectivity index (χ3v) is 1.39. The van der Waals surface area contributed by atoms with Crippen molar-refractivity contribution in [3.8, 4) is 5.19 Å². The Hall–Kier alpha value is -1.30. The first-order valence-electron chi connectivity index (χ1n) is 2.28. The molecule has 5 nitrogen and oxygen atoms in total. The van der Waals surface area contributed by atoms with Gasteiger partial charge in [-0.3, -0.25) is 4.79 Å². The fourth-order valence-electron chi connectivity index (χ4n) is 0.369. The average Bonchev–Trinajstić information content (AvgIpc) is 2.31. The zero-order chi connectivity index (χ0) is 7.40. The number of thiazole rings is 1. The number of hydrogen-bond donors (Lipinski definition) is 1. The van der Waals surface area contributed by atoms with Gasteiger partial charge in [-0.05, 0) is 5.48 Å². The molecule has 10 heavy (non-hydrogen) atoms. The molecule has 52 valence electrons. The van der Waals surface area contributed by atoms with Crippen LogP contribution in [0.1, 0.15) is 0 Å². The quantitative estimate of drug-likeness (QED) is 0.610. The Bertz CT molecular complexity index is 224. The van der Waals surface area contributed by atoms with Gasteiger partial charge in [0, 0.05) is 5.38 Å². The minimum absolute atomic E-state index is 0.237. The van der Waals surface area contributed by atoms with Gasteiger partial charge in [-0.2, -0.15) is 4.98 Å². The second-order valence-electron chi connectivity index (χ2n) is 1.31. The van der Waals surface area contributed by atoms with Crippen molar-refractivity contribution in [3.63, 3.8) is 0 Å². The van der Waals surface area contributed by atoms with Gasteiger partial charge >= 0.3 is 11.6 Å². The molecule has 0 atom stereocenters. The molecule has 0 aliphatic carbocycles. The number of nitrogens with zero attached hydrogens (tertiary/aromatic N) is 2. The molecule has 2 N–H and O–H groups in total. The van der Waals surface area contributed by atoms with Crippen LogP contribution in [0.3, 0.4) is 0 Å². The Morgan fingerprint density at radius 1 is 1.90 bits per heavy atom. The first kappa shape index (κ1) is 6.81.